The van der Waals surface area contributed by atoms with Crippen LogP contribution in [0.25, 0.3) is 0 Å². The first-order valence-corrected chi connectivity index (χ1v) is 5.27. The van der Waals surface area contributed by atoms with Crippen molar-refractivity contribution in [3.05, 3.63) is 35.1 Å². The summed E-state index contributed by atoms with van der Waals surface area (Å²) >= 11 is 3.08. The molecule has 0 fully saturated rings. The van der Waals surface area contributed by atoms with Gasteiger partial charge >= 0.3 is 12.1 Å². The fraction of sp³-hybridized carbons (Fsp3) is 0.100. The van der Waals surface area contributed by atoms with Crippen LogP contribution < -0.4 is 5.32 Å². The Morgan fingerprint density at radius 3 is 2.94 bits per heavy atom. The molecule has 0 radical (unpaired) electrons. The van der Waals surface area contributed by atoms with E-state index in [2.05, 4.69) is 37.5 Å². The molecule has 7 heteroatoms. The summed E-state index contributed by atoms with van der Waals surface area (Å²) in [7, 11) is 0. The van der Waals surface area contributed by atoms with Crippen molar-refractivity contribution < 1.29 is 19.4 Å². The lowest BCUT2D eigenvalue weighted by molar-refractivity contribution is 0.0696. The summed E-state index contributed by atoms with van der Waals surface area (Å²) in [5, 5.41) is 11.1. The van der Waals surface area contributed by atoms with Crippen molar-refractivity contribution in [2.45, 2.75) is 0 Å². The second-order valence-corrected chi connectivity index (χ2v) is 3.63. The molecule has 1 aromatic heterocycles. The number of aromatic carboxylic acids is 1. The summed E-state index contributed by atoms with van der Waals surface area (Å²) in [6, 6.07) is 1.27. The Kier molecular flexibility index (Phi) is 4.65. The molecule has 0 spiro atoms. The Labute approximate surface area is 105 Å². The van der Waals surface area contributed by atoms with Crippen LogP contribution in [-0.4, -0.2) is 28.8 Å². The number of carboxylic acid groups (broad SMARTS) is 1. The van der Waals surface area contributed by atoms with Gasteiger partial charge in [-0.1, -0.05) is 12.7 Å². The Bertz CT molecular complexity index is 462. The normalized spacial score (nSPS) is 9.47. The number of nitrogens with zero attached hydrogens (tertiary/aromatic N) is 1. The number of halogens is 1. The lowest BCUT2D eigenvalue weighted by Gasteiger charge is -2.07. The number of nitrogens with one attached hydrogen (secondary N) is 1. The van der Waals surface area contributed by atoms with Crippen LogP contribution in [0, 0.1) is 0 Å². The molecule has 0 aliphatic heterocycles. The second kappa shape index (κ2) is 6.00. The zero-order valence-electron chi connectivity index (χ0n) is 8.64. The topological polar surface area (TPSA) is 88.5 Å². The van der Waals surface area contributed by atoms with Crippen LogP contribution in [0.2, 0.25) is 0 Å². The van der Waals surface area contributed by atoms with Gasteiger partial charge in [0.25, 0.3) is 0 Å². The van der Waals surface area contributed by atoms with Crippen LogP contribution in [0.4, 0.5) is 10.5 Å². The number of carboxylic acids is 1. The molecule has 0 atom stereocenters. The van der Waals surface area contributed by atoms with E-state index in [0.717, 1.165) is 0 Å². The quantitative estimate of drug-likeness (QED) is 0.658. The predicted octanol–water partition coefficient (Wildman–Crippen LogP) is 2.28. The summed E-state index contributed by atoms with van der Waals surface area (Å²) in [6.45, 7) is 3.46. The number of carbonyl (C=O) groups is 2. The van der Waals surface area contributed by atoms with Crippen molar-refractivity contribution in [3.63, 3.8) is 0 Å². The number of rotatable bonds is 4. The lowest BCUT2D eigenvalue weighted by atomic mass is 10.3. The van der Waals surface area contributed by atoms with Gasteiger partial charge in [-0.2, -0.15) is 0 Å². The summed E-state index contributed by atoms with van der Waals surface area (Å²) < 4.78 is 5.00. The largest absolute Gasteiger partial charge is 0.478 e. The van der Waals surface area contributed by atoms with E-state index >= 15 is 0 Å². The molecule has 2 N–H and O–H groups in total. The summed E-state index contributed by atoms with van der Waals surface area (Å²) in [5.41, 5.74) is 0.186. The van der Waals surface area contributed by atoms with E-state index in [4.69, 9.17) is 5.11 Å². The molecule has 0 saturated heterocycles. The molecule has 0 saturated carbocycles. The van der Waals surface area contributed by atoms with Crippen molar-refractivity contribution in [1.82, 2.24) is 4.98 Å². The van der Waals surface area contributed by atoms with E-state index in [1.54, 1.807) is 0 Å². The molecule has 17 heavy (non-hydrogen) atoms. The highest BCUT2D eigenvalue weighted by molar-refractivity contribution is 9.10. The van der Waals surface area contributed by atoms with Gasteiger partial charge in [0, 0.05) is 6.20 Å². The van der Waals surface area contributed by atoms with Crippen molar-refractivity contribution in [1.29, 1.82) is 0 Å². The fourth-order valence-electron chi connectivity index (χ4n) is 0.933. The zero-order chi connectivity index (χ0) is 12.8. The second-order valence-electron chi connectivity index (χ2n) is 2.88. The van der Waals surface area contributed by atoms with E-state index in [-0.39, 0.29) is 17.9 Å². The number of pyridine rings is 1. The number of hydrogen-bond acceptors (Lipinski definition) is 4. The van der Waals surface area contributed by atoms with Crippen LogP contribution >= 0.6 is 15.9 Å². The van der Waals surface area contributed by atoms with Crippen molar-refractivity contribution in [3.8, 4) is 0 Å². The maximum atomic E-state index is 11.2. The van der Waals surface area contributed by atoms with Crippen LogP contribution in [0.1, 0.15) is 10.4 Å². The van der Waals surface area contributed by atoms with Crippen molar-refractivity contribution in [2.75, 3.05) is 11.9 Å². The van der Waals surface area contributed by atoms with Crippen molar-refractivity contribution >= 4 is 33.7 Å². The molecule has 0 bridgehead atoms. The third kappa shape index (κ3) is 3.87. The Morgan fingerprint density at radius 2 is 2.35 bits per heavy atom. The van der Waals surface area contributed by atoms with Gasteiger partial charge in [-0.05, 0) is 22.0 Å². The van der Waals surface area contributed by atoms with Crippen molar-refractivity contribution in [2.24, 2.45) is 0 Å². The highest BCUT2D eigenvalue weighted by atomic mass is 79.9. The van der Waals surface area contributed by atoms with Gasteiger partial charge < -0.3 is 9.84 Å². The Morgan fingerprint density at radius 1 is 1.65 bits per heavy atom. The number of ether oxygens (including phenoxy) is 1. The van der Waals surface area contributed by atoms with Gasteiger partial charge in [-0.15, -0.1) is 0 Å². The summed E-state index contributed by atoms with van der Waals surface area (Å²) in [4.78, 5) is 25.7. The number of amides is 1. The highest BCUT2D eigenvalue weighted by Gasteiger charge is 2.11. The minimum absolute atomic E-state index is 0.0350. The number of anilines is 1. The van der Waals surface area contributed by atoms with Gasteiger partial charge in [0.05, 0.1) is 11.3 Å². The zero-order valence-corrected chi connectivity index (χ0v) is 10.2. The predicted molar refractivity (Wildman–Crippen MR) is 64.1 cm³/mol. The average Bonchev–Trinajstić information content (AvgIpc) is 2.29. The maximum Gasteiger partial charge on any atom is 0.412 e. The molecule has 0 aromatic carbocycles. The number of aromatic nitrogens is 1. The van der Waals surface area contributed by atoms with Gasteiger partial charge in [-0.3, -0.25) is 5.32 Å². The summed E-state index contributed by atoms with van der Waals surface area (Å²) in [5.74, 6) is -1.13. The van der Waals surface area contributed by atoms with Gasteiger partial charge in [0.2, 0.25) is 0 Å². The van der Waals surface area contributed by atoms with Crippen LogP contribution in [-0.2, 0) is 4.74 Å². The van der Waals surface area contributed by atoms with E-state index in [0.29, 0.717) is 4.60 Å². The molecular weight excluding hydrogens is 292 g/mol. The van der Waals surface area contributed by atoms with Crippen LogP contribution in [0.15, 0.2) is 29.5 Å². The van der Waals surface area contributed by atoms with Crippen LogP contribution in [0.3, 0.4) is 0 Å². The third-order valence-corrected chi connectivity index (χ3v) is 2.29. The van der Waals surface area contributed by atoms with Gasteiger partial charge in [0.1, 0.15) is 11.2 Å². The van der Waals surface area contributed by atoms with E-state index in [1.165, 1.54) is 18.3 Å². The lowest BCUT2D eigenvalue weighted by Crippen LogP contribution is -2.14. The monoisotopic (exact) mass is 300 g/mol. The van der Waals surface area contributed by atoms with Gasteiger partial charge in [0.15, 0.2) is 0 Å². The molecule has 6 nitrogen and oxygen atoms in total. The molecule has 1 amide bonds. The Balaban J connectivity index is 2.82. The standard InChI is InChI=1S/C10H9BrN2O4/c1-2-3-17-10(16)13-7-4-6(9(14)15)5-12-8(7)11/h2,4-5H,1,3H2,(H,13,16)(H,14,15). The molecule has 0 unspecified atom stereocenters. The molecule has 0 aliphatic rings. The number of hydrogen-bond donors (Lipinski definition) is 2. The van der Waals surface area contributed by atoms with E-state index in [1.807, 2.05) is 0 Å². The van der Waals surface area contributed by atoms with Crippen LogP contribution in [0.5, 0.6) is 0 Å². The van der Waals surface area contributed by atoms with E-state index in [9.17, 15) is 9.59 Å². The first-order chi connectivity index (χ1) is 8.04. The summed E-state index contributed by atoms with van der Waals surface area (Å²) in [6.07, 6.45) is 1.88. The maximum absolute atomic E-state index is 11.2. The van der Waals surface area contributed by atoms with E-state index < -0.39 is 12.1 Å². The minimum Gasteiger partial charge on any atom is -0.478 e. The number of carbonyl (C=O) groups excluding carboxylic acids is 1. The molecular formula is C10H9BrN2O4. The molecule has 1 rings (SSSR count). The molecule has 0 aliphatic carbocycles. The Hall–Kier alpha value is -1.89. The molecule has 1 heterocycles. The first-order valence-electron chi connectivity index (χ1n) is 4.48. The molecule has 1 aromatic rings. The molecule has 90 valence electrons. The fourth-order valence-corrected chi connectivity index (χ4v) is 1.25. The highest BCUT2D eigenvalue weighted by Crippen LogP contribution is 2.20. The smallest absolute Gasteiger partial charge is 0.412 e. The SMILES string of the molecule is C=CCOC(=O)Nc1cc(C(=O)O)cnc1Br. The third-order valence-electron chi connectivity index (χ3n) is 1.66. The average molecular weight is 301 g/mol. The minimum atomic E-state index is -1.13. The first kappa shape index (κ1) is 13.2. The van der Waals surface area contributed by atoms with Gasteiger partial charge in [-0.25, -0.2) is 14.6 Å².